The molecule has 0 aliphatic carbocycles. The van der Waals surface area contributed by atoms with Crippen LogP contribution in [-0.2, 0) is 13.0 Å². The quantitative estimate of drug-likeness (QED) is 0.821. The van der Waals surface area contributed by atoms with Crippen molar-refractivity contribution >= 4 is 11.0 Å². The Morgan fingerprint density at radius 1 is 1.44 bits per heavy atom. The molecule has 3 heteroatoms. The number of aromatic nitrogens is 2. The topological polar surface area (TPSA) is 38.0 Å². The molecule has 0 unspecified atom stereocenters. The third-order valence-electron chi connectivity index (χ3n) is 2.97. The lowest BCUT2D eigenvalue weighted by molar-refractivity contribution is 0.287. The van der Waals surface area contributed by atoms with Gasteiger partial charge in [-0.3, -0.25) is 0 Å². The highest BCUT2D eigenvalue weighted by Crippen LogP contribution is 2.19. The normalized spacial score (nSPS) is 11.1. The zero-order chi connectivity index (χ0) is 13.1. The van der Waals surface area contributed by atoms with Gasteiger partial charge in [0.2, 0.25) is 0 Å². The highest BCUT2D eigenvalue weighted by Gasteiger charge is 2.10. The van der Waals surface area contributed by atoms with E-state index < -0.39 is 0 Å². The number of fused-ring (bicyclic) bond motifs is 1. The number of aliphatic hydroxyl groups excluding tert-OH is 1. The monoisotopic (exact) mass is 244 g/mol. The minimum absolute atomic E-state index is 0.204. The largest absolute Gasteiger partial charge is 0.396 e. The fraction of sp³-hybridized carbons (Fsp3) is 0.400. The van der Waals surface area contributed by atoms with E-state index in [2.05, 4.69) is 41.3 Å². The Bertz CT molecular complexity index is 569. The van der Waals surface area contributed by atoms with Crippen LogP contribution in [0.2, 0.25) is 0 Å². The number of hydrogen-bond donors (Lipinski definition) is 1. The first-order valence-corrected chi connectivity index (χ1v) is 6.33. The van der Waals surface area contributed by atoms with Crippen LogP contribution in [0.25, 0.3) is 11.0 Å². The van der Waals surface area contributed by atoms with Gasteiger partial charge in [-0.2, -0.15) is 0 Å². The number of nitrogens with zero attached hydrogens (tertiary/aromatic N) is 2. The number of hydrogen-bond acceptors (Lipinski definition) is 2. The maximum atomic E-state index is 8.96. The van der Waals surface area contributed by atoms with Gasteiger partial charge in [-0.25, -0.2) is 4.98 Å². The van der Waals surface area contributed by atoms with Gasteiger partial charge in [-0.15, -0.1) is 0 Å². The van der Waals surface area contributed by atoms with Crippen LogP contribution in [0.3, 0.4) is 0 Å². The smallest absolute Gasteiger partial charge is 0.110 e. The molecule has 0 saturated carbocycles. The summed E-state index contributed by atoms with van der Waals surface area (Å²) in [5.41, 5.74) is 4.51. The SMILES string of the molecule is C=C(C)Cn1c(CCCO)nc2cc(C)ccc21. The molecule has 96 valence electrons. The van der Waals surface area contributed by atoms with Crippen molar-refractivity contribution in [2.75, 3.05) is 6.61 Å². The molecule has 0 fully saturated rings. The standard InChI is InChI=1S/C15H20N2O/c1-11(2)10-17-14-7-6-12(3)9-13(14)16-15(17)5-4-8-18/h6-7,9,18H,1,4-5,8,10H2,2-3H3. The third-order valence-corrected chi connectivity index (χ3v) is 2.97. The molecular weight excluding hydrogens is 224 g/mol. The average Bonchev–Trinajstić information content (AvgIpc) is 2.63. The number of aryl methyl sites for hydroxylation is 2. The van der Waals surface area contributed by atoms with Gasteiger partial charge >= 0.3 is 0 Å². The van der Waals surface area contributed by atoms with E-state index in [9.17, 15) is 0 Å². The fourth-order valence-electron chi connectivity index (χ4n) is 2.16. The number of benzene rings is 1. The maximum absolute atomic E-state index is 8.96. The Morgan fingerprint density at radius 2 is 2.22 bits per heavy atom. The zero-order valence-corrected chi connectivity index (χ0v) is 11.1. The van der Waals surface area contributed by atoms with Crippen molar-refractivity contribution in [3.05, 3.63) is 41.7 Å². The van der Waals surface area contributed by atoms with E-state index >= 15 is 0 Å². The van der Waals surface area contributed by atoms with E-state index in [0.29, 0.717) is 0 Å². The molecule has 1 N–H and O–H groups in total. The molecule has 1 aromatic heterocycles. The zero-order valence-electron chi connectivity index (χ0n) is 11.1. The van der Waals surface area contributed by atoms with Crippen LogP contribution in [-0.4, -0.2) is 21.3 Å². The molecular formula is C15H20N2O. The van der Waals surface area contributed by atoms with Crippen molar-refractivity contribution in [2.45, 2.75) is 33.2 Å². The second-order valence-corrected chi connectivity index (χ2v) is 4.89. The molecule has 1 heterocycles. The van der Waals surface area contributed by atoms with Crippen LogP contribution in [0.15, 0.2) is 30.4 Å². The van der Waals surface area contributed by atoms with E-state index in [1.165, 1.54) is 5.56 Å². The van der Waals surface area contributed by atoms with Crippen molar-refractivity contribution in [3.63, 3.8) is 0 Å². The highest BCUT2D eigenvalue weighted by atomic mass is 16.2. The van der Waals surface area contributed by atoms with Gasteiger partial charge in [0.05, 0.1) is 11.0 Å². The molecule has 2 rings (SSSR count). The van der Waals surface area contributed by atoms with Gasteiger partial charge in [-0.1, -0.05) is 18.2 Å². The third kappa shape index (κ3) is 2.62. The minimum Gasteiger partial charge on any atom is -0.396 e. The van der Waals surface area contributed by atoms with E-state index in [0.717, 1.165) is 41.8 Å². The minimum atomic E-state index is 0.204. The number of imidazole rings is 1. The molecule has 0 aliphatic heterocycles. The molecule has 2 aromatic rings. The Labute approximate surface area is 108 Å². The Kier molecular flexibility index (Phi) is 3.82. The second kappa shape index (κ2) is 5.36. The summed E-state index contributed by atoms with van der Waals surface area (Å²) >= 11 is 0. The van der Waals surface area contributed by atoms with E-state index in [1.807, 2.05) is 6.92 Å². The van der Waals surface area contributed by atoms with Crippen molar-refractivity contribution in [3.8, 4) is 0 Å². The first kappa shape index (κ1) is 12.8. The summed E-state index contributed by atoms with van der Waals surface area (Å²) in [6.07, 6.45) is 1.55. The summed E-state index contributed by atoms with van der Waals surface area (Å²) < 4.78 is 2.20. The molecule has 0 aliphatic rings. The molecule has 0 saturated heterocycles. The molecule has 0 amide bonds. The van der Waals surface area contributed by atoms with Crippen LogP contribution in [0, 0.1) is 6.92 Å². The van der Waals surface area contributed by atoms with E-state index in [4.69, 9.17) is 5.11 Å². The summed E-state index contributed by atoms with van der Waals surface area (Å²) in [6, 6.07) is 6.32. The Hall–Kier alpha value is -1.61. The molecule has 1 aromatic carbocycles. The van der Waals surface area contributed by atoms with Crippen LogP contribution < -0.4 is 0 Å². The van der Waals surface area contributed by atoms with Gasteiger partial charge in [0.25, 0.3) is 0 Å². The first-order valence-electron chi connectivity index (χ1n) is 6.33. The molecule has 0 atom stereocenters. The predicted octanol–water partition coefficient (Wildman–Crippen LogP) is 2.85. The van der Waals surface area contributed by atoms with Crippen LogP contribution in [0.1, 0.15) is 24.7 Å². The van der Waals surface area contributed by atoms with Crippen molar-refractivity contribution in [2.24, 2.45) is 0 Å². The van der Waals surface area contributed by atoms with Gasteiger partial charge in [-0.05, 0) is 38.0 Å². The van der Waals surface area contributed by atoms with Gasteiger partial charge in [0.1, 0.15) is 5.82 Å². The second-order valence-electron chi connectivity index (χ2n) is 4.89. The summed E-state index contributed by atoms with van der Waals surface area (Å²) in [5, 5.41) is 8.96. The van der Waals surface area contributed by atoms with Crippen LogP contribution >= 0.6 is 0 Å². The van der Waals surface area contributed by atoms with E-state index in [-0.39, 0.29) is 6.61 Å². The van der Waals surface area contributed by atoms with Crippen LogP contribution in [0.5, 0.6) is 0 Å². The predicted molar refractivity (Wildman–Crippen MR) is 74.7 cm³/mol. The number of aliphatic hydroxyl groups is 1. The Morgan fingerprint density at radius 3 is 2.89 bits per heavy atom. The Balaban J connectivity index is 2.49. The maximum Gasteiger partial charge on any atom is 0.110 e. The molecule has 0 spiro atoms. The number of allylic oxidation sites excluding steroid dienone is 1. The first-order chi connectivity index (χ1) is 8.61. The van der Waals surface area contributed by atoms with E-state index in [1.54, 1.807) is 0 Å². The lowest BCUT2D eigenvalue weighted by Crippen LogP contribution is -2.05. The van der Waals surface area contributed by atoms with Gasteiger partial charge in [0, 0.05) is 19.6 Å². The fourth-order valence-corrected chi connectivity index (χ4v) is 2.16. The van der Waals surface area contributed by atoms with Crippen molar-refractivity contribution < 1.29 is 5.11 Å². The lowest BCUT2D eigenvalue weighted by Gasteiger charge is -2.08. The molecule has 0 radical (unpaired) electrons. The van der Waals surface area contributed by atoms with Crippen LogP contribution in [0.4, 0.5) is 0 Å². The summed E-state index contributed by atoms with van der Waals surface area (Å²) in [5.74, 6) is 1.03. The highest BCUT2D eigenvalue weighted by molar-refractivity contribution is 5.77. The molecule has 3 nitrogen and oxygen atoms in total. The molecule has 18 heavy (non-hydrogen) atoms. The summed E-state index contributed by atoms with van der Waals surface area (Å²) in [7, 11) is 0. The van der Waals surface area contributed by atoms with Crippen molar-refractivity contribution in [1.29, 1.82) is 0 Å². The van der Waals surface area contributed by atoms with Gasteiger partial charge < -0.3 is 9.67 Å². The molecule has 0 bridgehead atoms. The summed E-state index contributed by atoms with van der Waals surface area (Å²) in [6.45, 7) is 9.07. The average molecular weight is 244 g/mol. The summed E-state index contributed by atoms with van der Waals surface area (Å²) in [4.78, 5) is 4.67. The lowest BCUT2D eigenvalue weighted by atomic mass is 10.2. The van der Waals surface area contributed by atoms with Crippen molar-refractivity contribution in [1.82, 2.24) is 9.55 Å². The number of rotatable bonds is 5. The van der Waals surface area contributed by atoms with Gasteiger partial charge in [0.15, 0.2) is 0 Å².